The summed E-state index contributed by atoms with van der Waals surface area (Å²) in [5.41, 5.74) is -0.0742. The van der Waals surface area contributed by atoms with Gasteiger partial charge in [0.25, 0.3) is 0 Å². The van der Waals surface area contributed by atoms with E-state index in [-0.39, 0.29) is 24.1 Å². The van der Waals surface area contributed by atoms with Crippen molar-refractivity contribution in [1.29, 1.82) is 0 Å². The lowest BCUT2D eigenvalue weighted by Gasteiger charge is -2.15. The number of alkyl halides is 3. The molecule has 0 bridgehead atoms. The van der Waals surface area contributed by atoms with E-state index in [4.69, 9.17) is 27.7 Å². The molecule has 2 aromatic heterocycles. The lowest BCUT2D eigenvalue weighted by Crippen LogP contribution is -2.37. The summed E-state index contributed by atoms with van der Waals surface area (Å²) in [6, 6.07) is 12.8. The molecular formula is C20H14Cl2F3N5O3. The number of benzene rings is 2. The average molecular weight is 500 g/mol. The van der Waals surface area contributed by atoms with Crippen molar-refractivity contribution in [3.63, 3.8) is 0 Å². The van der Waals surface area contributed by atoms with Crippen molar-refractivity contribution in [2.75, 3.05) is 0 Å². The second-order valence-corrected chi connectivity index (χ2v) is 7.77. The number of aliphatic hydroxyl groups excluding tert-OH is 1. The van der Waals surface area contributed by atoms with Crippen LogP contribution in [0.15, 0.2) is 57.8 Å². The number of rotatable bonds is 6. The molecule has 0 saturated carbocycles. The van der Waals surface area contributed by atoms with Gasteiger partial charge in [-0.15, -0.1) is 5.10 Å². The number of nitrogens with zero attached hydrogens (tertiary/aromatic N) is 5. The molecule has 2 aromatic carbocycles. The summed E-state index contributed by atoms with van der Waals surface area (Å²) in [4.78, 5) is 17.1. The maximum absolute atomic E-state index is 12.9. The highest BCUT2D eigenvalue weighted by atomic mass is 35.5. The Kier molecular flexibility index (Phi) is 6.28. The molecule has 0 amide bonds. The zero-order valence-electron chi connectivity index (χ0n) is 16.5. The van der Waals surface area contributed by atoms with Crippen LogP contribution in [0, 0.1) is 0 Å². The minimum atomic E-state index is -4.92. The van der Waals surface area contributed by atoms with Crippen molar-refractivity contribution in [1.82, 2.24) is 24.5 Å². The number of hydrogen-bond donors (Lipinski definition) is 1. The lowest BCUT2D eigenvalue weighted by molar-refractivity contribution is -0.207. The Labute approximate surface area is 193 Å². The van der Waals surface area contributed by atoms with Crippen LogP contribution in [0.5, 0.6) is 0 Å². The first-order valence-corrected chi connectivity index (χ1v) is 10.1. The molecule has 2 heterocycles. The summed E-state index contributed by atoms with van der Waals surface area (Å²) in [6.45, 7) is -1.36. The molecule has 0 unspecified atom stereocenters. The topological polar surface area (TPSA) is 99.0 Å². The molecule has 1 atom stereocenters. The Morgan fingerprint density at radius 2 is 1.79 bits per heavy atom. The fourth-order valence-corrected chi connectivity index (χ4v) is 3.34. The molecule has 0 aliphatic carbocycles. The highest BCUT2D eigenvalue weighted by Gasteiger charge is 2.39. The lowest BCUT2D eigenvalue weighted by atomic mass is 10.2. The zero-order chi connectivity index (χ0) is 23.8. The van der Waals surface area contributed by atoms with Gasteiger partial charge < -0.3 is 9.63 Å². The molecule has 0 aliphatic heterocycles. The molecule has 4 aromatic rings. The van der Waals surface area contributed by atoms with E-state index in [0.29, 0.717) is 21.2 Å². The summed E-state index contributed by atoms with van der Waals surface area (Å²) in [5.74, 6) is 0.0648. The first-order valence-electron chi connectivity index (χ1n) is 9.39. The minimum absolute atomic E-state index is 0.0179. The van der Waals surface area contributed by atoms with Gasteiger partial charge >= 0.3 is 11.9 Å². The smallest absolute Gasteiger partial charge is 0.382 e. The van der Waals surface area contributed by atoms with Crippen molar-refractivity contribution in [2.24, 2.45) is 0 Å². The van der Waals surface area contributed by atoms with Gasteiger partial charge in [0.1, 0.15) is 6.54 Å². The predicted molar refractivity (Wildman–Crippen MR) is 113 cm³/mol. The molecule has 1 N–H and O–H groups in total. The van der Waals surface area contributed by atoms with E-state index in [1.165, 1.54) is 24.3 Å². The normalized spacial score (nSPS) is 12.8. The number of aliphatic hydroxyl groups is 1. The Morgan fingerprint density at radius 1 is 1.09 bits per heavy atom. The molecule has 13 heteroatoms. The zero-order valence-corrected chi connectivity index (χ0v) is 18.0. The van der Waals surface area contributed by atoms with E-state index in [2.05, 4.69) is 15.2 Å². The van der Waals surface area contributed by atoms with Gasteiger partial charge in [-0.1, -0.05) is 40.5 Å². The Morgan fingerprint density at radius 3 is 2.45 bits per heavy atom. The number of halogens is 5. The van der Waals surface area contributed by atoms with Gasteiger partial charge in [-0.3, -0.25) is 4.57 Å². The van der Waals surface area contributed by atoms with Crippen LogP contribution in [0.2, 0.25) is 10.0 Å². The van der Waals surface area contributed by atoms with Gasteiger partial charge in [0.15, 0.2) is 11.9 Å². The van der Waals surface area contributed by atoms with Gasteiger partial charge in [-0.05, 0) is 36.4 Å². The van der Waals surface area contributed by atoms with Gasteiger partial charge in [-0.2, -0.15) is 18.2 Å². The van der Waals surface area contributed by atoms with Gasteiger partial charge in [0.2, 0.25) is 11.7 Å². The standard InChI is InChI=1S/C20H14Cl2F3N5O3/c21-12-7-5-11(6-8-12)18-27-30(19(32)29(18)9-15(31)20(23,24)25)10-16-26-17(28-33-16)13-3-1-2-4-14(13)22/h1-8,15,31H,9-10H2/t15-/m0/s1. The van der Waals surface area contributed by atoms with Crippen LogP contribution in [0.4, 0.5) is 13.2 Å². The first-order chi connectivity index (χ1) is 15.6. The molecule has 172 valence electrons. The largest absolute Gasteiger partial charge is 0.416 e. The van der Waals surface area contributed by atoms with Gasteiger partial charge in [0, 0.05) is 16.1 Å². The van der Waals surface area contributed by atoms with Crippen molar-refractivity contribution < 1.29 is 22.8 Å². The molecule has 0 radical (unpaired) electrons. The predicted octanol–water partition coefficient (Wildman–Crippen LogP) is 4.04. The monoisotopic (exact) mass is 499 g/mol. The maximum Gasteiger partial charge on any atom is 0.416 e. The van der Waals surface area contributed by atoms with Crippen molar-refractivity contribution >= 4 is 23.2 Å². The Bertz CT molecular complexity index is 1330. The Balaban J connectivity index is 1.71. The van der Waals surface area contributed by atoms with Crippen LogP contribution >= 0.6 is 23.2 Å². The number of aromatic nitrogens is 5. The first kappa shape index (κ1) is 23.0. The van der Waals surface area contributed by atoms with Crippen molar-refractivity contribution in [3.8, 4) is 22.8 Å². The van der Waals surface area contributed by atoms with Crippen molar-refractivity contribution in [2.45, 2.75) is 25.4 Å². The third kappa shape index (κ3) is 4.95. The third-order valence-electron chi connectivity index (χ3n) is 4.63. The SMILES string of the molecule is O=c1n(Cc2nc(-c3ccccc3Cl)no2)nc(-c2ccc(Cl)cc2)n1C[C@H](O)C(F)(F)F. The highest BCUT2D eigenvalue weighted by molar-refractivity contribution is 6.33. The van der Waals surface area contributed by atoms with Crippen molar-refractivity contribution in [3.05, 3.63) is 75.0 Å². The van der Waals surface area contributed by atoms with E-state index in [1.807, 2.05) is 0 Å². The van der Waals surface area contributed by atoms with Crippen LogP contribution in [0.1, 0.15) is 5.89 Å². The van der Waals surface area contributed by atoms with Crippen LogP contribution in [0.3, 0.4) is 0 Å². The summed E-state index contributed by atoms with van der Waals surface area (Å²) in [6.07, 6.45) is -7.69. The summed E-state index contributed by atoms with van der Waals surface area (Å²) in [7, 11) is 0. The molecule has 4 rings (SSSR count). The summed E-state index contributed by atoms with van der Waals surface area (Å²) >= 11 is 12.0. The fourth-order valence-electron chi connectivity index (χ4n) is 3.00. The van der Waals surface area contributed by atoms with E-state index < -0.39 is 24.5 Å². The van der Waals surface area contributed by atoms with Gasteiger partial charge in [-0.25, -0.2) is 9.48 Å². The van der Waals surface area contributed by atoms with Crippen LogP contribution in [0.25, 0.3) is 22.8 Å². The molecule has 0 fully saturated rings. The van der Waals surface area contributed by atoms with E-state index in [0.717, 1.165) is 9.25 Å². The van der Waals surface area contributed by atoms with E-state index in [1.54, 1.807) is 24.3 Å². The van der Waals surface area contributed by atoms with Crippen LogP contribution in [-0.2, 0) is 13.1 Å². The highest BCUT2D eigenvalue weighted by Crippen LogP contribution is 2.26. The van der Waals surface area contributed by atoms with E-state index in [9.17, 15) is 23.1 Å². The molecule has 0 aliphatic rings. The molecule has 8 nitrogen and oxygen atoms in total. The molecule has 0 saturated heterocycles. The fraction of sp³-hybridized carbons (Fsp3) is 0.200. The summed E-state index contributed by atoms with van der Waals surface area (Å²) < 4.78 is 45.6. The Hall–Kier alpha value is -3.15. The minimum Gasteiger partial charge on any atom is -0.382 e. The average Bonchev–Trinajstić information content (AvgIpc) is 3.34. The third-order valence-corrected chi connectivity index (χ3v) is 5.21. The molecular weight excluding hydrogens is 486 g/mol. The maximum atomic E-state index is 12.9. The quantitative estimate of drug-likeness (QED) is 0.429. The second kappa shape index (κ2) is 9.00. The number of hydrogen-bond acceptors (Lipinski definition) is 6. The second-order valence-electron chi connectivity index (χ2n) is 6.93. The molecule has 33 heavy (non-hydrogen) atoms. The van der Waals surface area contributed by atoms with Crippen LogP contribution in [-0.4, -0.2) is 41.9 Å². The van der Waals surface area contributed by atoms with Gasteiger partial charge in [0.05, 0.1) is 11.6 Å². The van der Waals surface area contributed by atoms with Crippen LogP contribution < -0.4 is 5.69 Å². The molecule has 0 spiro atoms. The summed E-state index contributed by atoms with van der Waals surface area (Å²) in [5, 5.41) is 18.3. The van der Waals surface area contributed by atoms with E-state index >= 15 is 0 Å².